The van der Waals surface area contributed by atoms with Crippen LogP contribution < -0.4 is 5.32 Å². The van der Waals surface area contributed by atoms with Crippen LogP contribution in [0.1, 0.15) is 17.2 Å². The van der Waals surface area contributed by atoms with E-state index in [4.69, 9.17) is 11.6 Å². The SMILES string of the molecule is CNC(c1ccc(F)c(F)c1)c1ccc(Cl)cc1F. The van der Waals surface area contributed by atoms with Crippen LogP contribution in [0.3, 0.4) is 0 Å². The van der Waals surface area contributed by atoms with Crippen molar-refractivity contribution in [2.75, 3.05) is 7.05 Å². The third kappa shape index (κ3) is 2.91. The van der Waals surface area contributed by atoms with Gasteiger partial charge < -0.3 is 5.32 Å². The first-order valence-corrected chi connectivity index (χ1v) is 5.98. The molecule has 100 valence electrons. The summed E-state index contributed by atoms with van der Waals surface area (Å²) in [6.07, 6.45) is 0. The highest BCUT2D eigenvalue weighted by Crippen LogP contribution is 2.27. The van der Waals surface area contributed by atoms with Gasteiger partial charge in [-0.3, -0.25) is 0 Å². The lowest BCUT2D eigenvalue weighted by Crippen LogP contribution is -2.19. The third-order valence-electron chi connectivity index (χ3n) is 2.84. The summed E-state index contributed by atoms with van der Waals surface area (Å²) in [5, 5.41) is 3.15. The molecule has 0 spiro atoms. The van der Waals surface area contributed by atoms with Crippen molar-refractivity contribution in [3.63, 3.8) is 0 Å². The summed E-state index contributed by atoms with van der Waals surface area (Å²) in [5.74, 6) is -2.40. The summed E-state index contributed by atoms with van der Waals surface area (Å²) in [5.41, 5.74) is 0.750. The van der Waals surface area contributed by atoms with Crippen LogP contribution in [0.2, 0.25) is 5.02 Å². The molecule has 0 aliphatic carbocycles. The molecule has 0 radical (unpaired) electrons. The fourth-order valence-electron chi connectivity index (χ4n) is 1.93. The second kappa shape index (κ2) is 5.63. The predicted octanol–water partition coefficient (Wildman–Crippen LogP) is 4.07. The Labute approximate surface area is 114 Å². The number of rotatable bonds is 3. The molecule has 0 amide bonds. The maximum Gasteiger partial charge on any atom is 0.159 e. The minimum Gasteiger partial charge on any atom is -0.309 e. The van der Waals surface area contributed by atoms with Crippen molar-refractivity contribution in [3.05, 3.63) is 70.0 Å². The van der Waals surface area contributed by atoms with Crippen LogP contribution in [0.4, 0.5) is 13.2 Å². The van der Waals surface area contributed by atoms with E-state index in [1.165, 1.54) is 18.2 Å². The minimum absolute atomic E-state index is 0.279. The van der Waals surface area contributed by atoms with Crippen LogP contribution in [0.15, 0.2) is 36.4 Å². The third-order valence-corrected chi connectivity index (χ3v) is 3.07. The molecule has 0 saturated heterocycles. The van der Waals surface area contributed by atoms with Gasteiger partial charge in [0.05, 0.1) is 6.04 Å². The van der Waals surface area contributed by atoms with E-state index in [-0.39, 0.29) is 5.02 Å². The standard InChI is InChI=1S/C14H11ClF3N/c1-19-14(8-2-5-11(16)13(18)6-8)10-4-3-9(15)7-12(10)17/h2-7,14,19H,1H3. The van der Waals surface area contributed by atoms with Crippen molar-refractivity contribution >= 4 is 11.6 Å². The van der Waals surface area contributed by atoms with Crippen molar-refractivity contribution in [2.45, 2.75) is 6.04 Å². The molecule has 2 rings (SSSR count). The number of halogens is 4. The average Bonchev–Trinajstić information content (AvgIpc) is 2.37. The fraction of sp³-hybridized carbons (Fsp3) is 0.143. The van der Waals surface area contributed by atoms with E-state index in [0.717, 1.165) is 12.1 Å². The van der Waals surface area contributed by atoms with Gasteiger partial charge in [0.25, 0.3) is 0 Å². The zero-order chi connectivity index (χ0) is 14.0. The van der Waals surface area contributed by atoms with Crippen LogP contribution in [0, 0.1) is 17.5 Å². The molecule has 1 unspecified atom stereocenters. The lowest BCUT2D eigenvalue weighted by Gasteiger charge is -2.18. The molecule has 2 aromatic rings. The molecule has 1 atom stereocenters. The molecule has 0 aliphatic heterocycles. The highest BCUT2D eigenvalue weighted by molar-refractivity contribution is 6.30. The van der Waals surface area contributed by atoms with Gasteiger partial charge in [-0.2, -0.15) is 0 Å². The van der Waals surface area contributed by atoms with Gasteiger partial charge in [-0.15, -0.1) is 0 Å². The van der Waals surface area contributed by atoms with Gasteiger partial charge >= 0.3 is 0 Å². The monoisotopic (exact) mass is 285 g/mol. The molecular formula is C14H11ClF3N. The predicted molar refractivity (Wildman–Crippen MR) is 68.7 cm³/mol. The Kier molecular flexibility index (Phi) is 4.12. The van der Waals surface area contributed by atoms with E-state index >= 15 is 0 Å². The van der Waals surface area contributed by atoms with Gasteiger partial charge in [-0.1, -0.05) is 23.7 Å². The Bertz CT molecular complexity index is 601. The normalized spacial score (nSPS) is 12.5. The van der Waals surface area contributed by atoms with E-state index < -0.39 is 23.5 Å². The summed E-state index contributed by atoms with van der Waals surface area (Å²) < 4.78 is 40.0. The second-order valence-electron chi connectivity index (χ2n) is 4.06. The molecule has 19 heavy (non-hydrogen) atoms. The van der Waals surface area contributed by atoms with Gasteiger partial charge in [0.1, 0.15) is 5.82 Å². The highest BCUT2D eigenvalue weighted by atomic mass is 35.5. The quantitative estimate of drug-likeness (QED) is 0.896. The van der Waals surface area contributed by atoms with Crippen LogP contribution in [-0.2, 0) is 0 Å². The molecule has 0 aliphatic rings. The maximum atomic E-state index is 13.9. The Hall–Kier alpha value is -1.52. The molecule has 1 N–H and O–H groups in total. The smallest absolute Gasteiger partial charge is 0.159 e. The fourth-order valence-corrected chi connectivity index (χ4v) is 2.09. The topological polar surface area (TPSA) is 12.0 Å². The van der Waals surface area contributed by atoms with Crippen LogP contribution in [0.25, 0.3) is 0 Å². The Balaban J connectivity index is 2.46. The molecule has 5 heteroatoms. The van der Waals surface area contributed by atoms with Crippen LogP contribution in [-0.4, -0.2) is 7.05 Å². The van der Waals surface area contributed by atoms with Crippen molar-refractivity contribution in [1.82, 2.24) is 5.32 Å². The lowest BCUT2D eigenvalue weighted by atomic mass is 9.98. The largest absolute Gasteiger partial charge is 0.309 e. The van der Waals surface area contributed by atoms with Gasteiger partial charge in [0, 0.05) is 10.6 Å². The second-order valence-corrected chi connectivity index (χ2v) is 4.50. The van der Waals surface area contributed by atoms with E-state index in [2.05, 4.69) is 5.32 Å². The van der Waals surface area contributed by atoms with E-state index in [9.17, 15) is 13.2 Å². The minimum atomic E-state index is -0.966. The number of hydrogen-bond acceptors (Lipinski definition) is 1. The van der Waals surface area contributed by atoms with Crippen molar-refractivity contribution < 1.29 is 13.2 Å². The van der Waals surface area contributed by atoms with Gasteiger partial charge in [-0.05, 0) is 36.9 Å². The Morgan fingerprint density at radius 2 is 1.68 bits per heavy atom. The molecule has 0 bridgehead atoms. The van der Waals surface area contributed by atoms with Crippen molar-refractivity contribution in [2.24, 2.45) is 0 Å². The lowest BCUT2D eigenvalue weighted by molar-refractivity contribution is 0.503. The zero-order valence-electron chi connectivity index (χ0n) is 10.1. The summed E-state index contributed by atoms with van der Waals surface area (Å²) >= 11 is 5.69. The summed E-state index contributed by atoms with van der Waals surface area (Å²) in [7, 11) is 1.61. The van der Waals surface area contributed by atoms with Gasteiger partial charge in [0.2, 0.25) is 0 Å². The molecule has 0 fully saturated rings. The molecule has 2 aromatic carbocycles. The molecular weight excluding hydrogens is 275 g/mol. The molecule has 0 aromatic heterocycles. The van der Waals surface area contributed by atoms with Crippen LogP contribution in [0.5, 0.6) is 0 Å². The van der Waals surface area contributed by atoms with E-state index in [1.807, 2.05) is 0 Å². The first-order chi connectivity index (χ1) is 9.02. The molecule has 0 heterocycles. The summed E-state index contributed by atoms with van der Waals surface area (Å²) in [4.78, 5) is 0. The number of nitrogens with one attached hydrogen (secondary N) is 1. The Morgan fingerprint density at radius 3 is 2.26 bits per heavy atom. The van der Waals surface area contributed by atoms with E-state index in [1.54, 1.807) is 13.1 Å². The average molecular weight is 286 g/mol. The number of hydrogen-bond donors (Lipinski definition) is 1. The maximum absolute atomic E-state index is 13.9. The molecule has 1 nitrogen and oxygen atoms in total. The molecule has 0 saturated carbocycles. The highest BCUT2D eigenvalue weighted by Gasteiger charge is 2.17. The van der Waals surface area contributed by atoms with Gasteiger partial charge in [0.15, 0.2) is 11.6 Å². The van der Waals surface area contributed by atoms with Crippen molar-refractivity contribution in [1.29, 1.82) is 0 Å². The van der Waals surface area contributed by atoms with Crippen LogP contribution >= 0.6 is 11.6 Å². The summed E-state index contributed by atoms with van der Waals surface area (Å²) in [6, 6.07) is 7.14. The van der Waals surface area contributed by atoms with E-state index in [0.29, 0.717) is 11.1 Å². The zero-order valence-corrected chi connectivity index (χ0v) is 10.8. The Morgan fingerprint density at radius 1 is 0.947 bits per heavy atom. The number of benzene rings is 2. The first-order valence-electron chi connectivity index (χ1n) is 5.60. The first kappa shape index (κ1) is 13.9. The van der Waals surface area contributed by atoms with Crippen molar-refractivity contribution in [3.8, 4) is 0 Å². The summed E-state index contributed by atoms with van der Waals surface area (Å²) in [6.45, 7) is 0. The van der Waals surface area contributed by atoms with Gasteiger partial charge in [-0.25, -0.2) is 13.2 Å².